The highest BCUT2D eigenvalue weighted by molar-refractivity contribution is 6.23. The van der Waals surface area contributed by atoms with E-state index in [-0.39, 0.29) is 0 Å². The van der Waals surface area contributed by atoms with E-state index in [0.29, 0.717) is 5.92 Å². The van der Waals surface area contributed by atoms with Crippen LogP contribution in [-0.2, 0) is 0 Å². The zero-order valence-corrected chi connectivity index (χ0v) is 46.6. The molecule has 2 heterocycles. The average molecular weight is 1010 g/mol. The number of nitrogens with zero attached hydrogens (tertiary/aromatic N) is 4. The highest BCUT2D eigenvalue weighted by Gasteiger charge is 2.20. The second-order valence-corrected chi connectivity index (χ2v) is 18.9. The predicted octanol–water partition coefficient (Wildman–Crippen LogP) is 19.3. The van der Waals surface area contributed by atoms with Crippen molar-refractivity contribution in [2.45, 2.75) is 68.2 Å². The molecular weight excluding hydrogens is 935 g/mol. The van der Waals surface area contributed by atoms with Gasteiger partial charge in [-0.15, -0.1) is 0 Å². The molecule has 0 amide bonds. The number of hydrogen-bond donors (Lipinski definition) is 1. The van der Waals surface area contributed by atoms with Gasteiger partial charge in [0.15, 0.2) is 0 Å². The van der Waals surface area contributed by atoms with Crippen LogP contribution in [0.5, 0.6) is 0 Å². The van der Waals surface area contributed by atoms with Crippen molar-refractivity contribution in [3.8, 4) is 11.3 Å². The standard InChI is InChI=1S/C41H47N3.C28H17N.C2H6.CH3N/c1-8-14-34(38-19-11-15-32(6)40(38)43-26-9-2)16-12-17-36(42-10-3)24-22-33-21-23-35(29-30(4)28-33)39-20-13-18-37-31(5)25-27-44(7)41(37)39;1-18-16-25-27(23-11-5-4-10-22(18)23)24-12-6-7-13-26(24)29-28(25)21-15-14-19-8-2-3-9-20(19)17-21;2*1-2/h8,11-16,18-26,28-30H,1,9-10,17,27H2,2-7H3;3-7,9-17H,1H3;1-2H3;2H,1H2/b16-12-,24-22+,34-14+,42-36?,43-26?;;;. The van der Waals surface area contributed by atoms with Gasteiger partial charge >= 0.3 is 0 Å². The van der Waals surface area contributed by atoms with Gasteiger partial charge in [-0.1, -0.05) is 192 Å². The highest BCUT2D eigenvalue weighted by Crippen LogP contribution is 2.41. The van der Waals surface area contributed by atoms with E-state index in [4.69, 9.17) is 20.4 Å². The molecule has 1 aliphatic carbocycles. The molecule has 0 fully saturated rings. The maximum atomic E-state index is 5.50. The maximum Gasteiger partial charge on any atom is 0.0788 e. The van der Waals surface area contributed by atoms with Crippen molar-refractivity contribution in [1.29, 1.82) is 5.41 Å². The molecule has 1 N–H and O–H groups in total. The van der Waals surface area contributed by atoms with Crippen molar-refractivity contribution in [2.75, 3.05) is 25.0 Å². The van der Waals surface area contributed by atoms with E-state index in [1.807, 2.05) is 32.2 Å². The maximum absolute atomic E-state index is 5.50. The average Bonchev–Trinajstić information content (AvgIpc) is 3.70. The molecule has 0 spiro atoms. The first-order valence-corrected chi connectivity index (χ1v) is 27.0. The first-order valence-electron chi connectivity index (χ1n) is 27.0. The van der Waals surface area contributed by atoms with E-state index in [0.717, 1.165) is 81.6 Å². The molecule has 8 aromatic rings. The molecule has 10 rings (SSSR count). The van der Waals surface area contributed by atoms with Gasteiger partial charge in [0.2, 0.25) is 0 Å². The van der Waals surface area contributed by atoms with E-state index in [1.165, 1.54) is 66.0 Å². The molecule has 2 aliphatic rings. The van der Waals surface area contributed by atoms with Gasteiger partial charge in [-0.05, 0) is 139 Å². The van der Waals surface area contributed by atoms with E-state index in [9.17, 15) is 0 Å². The molecule has 1 atom stereocenters. The molecular formula is C72H73N5. The molecule has 7 aromatic carbocycles. The second kappa shape index (κ2) is 27.2. The Kier molecular flexibility index (Phi) is 19.8. The Bertz CT molecular complexity index is 3700. The van der Waals surface area contributed by atoms with Crippen LogP contribution in [0.15, 0.2) is 210 Å². The Morgan fingerprint density at radius 2 is 1.56 bits per heavy atom. The first-order chi connectivity index (χ1) is 37.6. The minimum atomic E-state index is 0.304. The van der Waals surface area contributed by atoms with Crippen LogP contribution in [-0.4, -0.2) is 43.8 Å². The number of nitrogens with one attached hydrogen (secondary N) is 1. The molecule has 77 heavy (non-hydrogen) atoms. The number of anilines is 1. The lowest BCUT2D eigenvalue weighted by molar-refractivity contribution is 0.939. The largest absolute Gasteiger partial charge is 0.370 e. The van der Waals surface area contributed by atoms with Crippen molar-refractivity contribution in [3.05, 3.63) is 240 Å². The summed E-state index contributed by atoms with van der Waals surface area (Å²) in [4.78, 5) is 17.0. The van der Waals surface area contributed by atoms with Gasteiger partial charge in [-0.25, -0.2) is 4.98 Å². The van der Waals surface area contributed by atoms with E-state index < -0.39 is 0 Å². The fourth-order valence-electron chi connectivity index (χ4n) is 10.1. The van der Waals surface area contributed by atoms with Crippen LogP contribution >= 0.6 is 0 Å². The molecule has 0 saturated heterocycles. The van der Waals surface area contributed by atoms with Crippen molar-refractivity contribution < 1.29 is 0 Å². The van der Waals surface area contributed by atoms with Crippen molar-refractivity contribution in [2.24, 2.45) is 15.9 Å². The summed E-state index contributed by atoms with van der Waals surface area (Å²) in [6.07, 6.45) is 27.7. The Hall–Kier alpha value is -8.72. The molecule has 1 unspecified atom stereocenters. The molecule has 0 saturated carbocycles. The van der Waals surface area contributed by atoms with Gasteiger partial charge in [0.05, 0.1) is 22.6 Å². The Morgan fingerprint density at radius 1 is 0.805 bits per heavy atom. The summed E-state index contributed by atoms with van der Waals surface area (Å²) < 4.78 is 0. The highest BCUT2D eigenvalue weighted by atomic mass is 15.1. The molecule has 0 radical (unpaired) electrons. The Labute approximate surface area is 458 Å². The minimum Gasteiger partial charge on any atom is -0.370 e. The second-order valence-electron chi connectivity index (χ2n) is 18.9. The van der Waals surface area contributed by atoms with Crippen LogP contribution in [0.4, 0.5) is 11.4 Å². The summed E-state index contributed by atoms with van der Waals surface area (Å²) >= 11 is 0. The number of likely N-dealkylation sites (N-methyl/N-ethyl adjacent to an activating group) is 1. The lowest BCUT2D eigenvalue weighted by atomic mass is 9.92. The van der Waals surface area contributed by atoms with Crippen LogP contribution in [0.2, 0.25) is 0 Å². The smallest absolute Gasteiger partial charge is 0.0788 e. The Balaban J connectivity index is 0.000000224. The lowest BCUT2D eigenvalue weighted by Gasteiger charge is -2.29. The van der Waals surface area contributed by atoms with Gasteiger partial charge in [0.1, 0.15) is 0 Å². The third kappa shape index (κ3) is 13.0. The molecule has 5 nitrogen and oxygen atoms in total. The third-order valence-corrected chi connectivity index (χ3v) is 13.7. The first kappa shape index (κ1) is 56.0. The van der Waals surface area contributed by atoms with Gasteiger partial charge in [-0.2, -0.15) is 0 Å². The third-order valence-electron chi connectivity index (χ3n) is 13.7. The van der Waals surface area contributed by atoms with Crippen LogP contribution in [0, 0.1) is 37.3 Å². The van der Waals surface area contributed by atoms with Gasteiger partial charge in [0.25, 0.3) is 0 Å². The summed E-state index contributed by atoms with van der Waals surface area (Å²) in [5.41, 5.74) is 17.6. The quantitative estimate of drug-likeness (QED) is 0.0753. The zero-order chi connectivity index (χ0) is 54.8. The van der Waals surface area contributed by atoms with E-state index in [2.05, 4.69) is 255 Å². The van der Waals surface area contributed by atoms with Crippen LogP contribution in [0.25, 0.3) is 71.2 Å². The monoisotopic (exact) mass is 1010 g/mol. The molecule has 0 bridgehead atoms. The molecule has 1 aromatic heterocycles. The summed E-state index contributed by atoms with van der Waals surface area (Å²) in [6, 6.07) is 49.1. The molecule has 386 valence electrons. The van der Waals surface area contributed by atoms with E-state index in [1.54, 1.807) is 0 Å². The number of aliphatic imine (C=N–C) groups is 2. The topological polar surface area (TPSA) is 64.7 Å². The SMILES string of the molecule is C=C/C=C(\C=C/CC(/C=C/C1=CC(C)C=C(c2cccc3c2N(C)CC=C3C)C=C1)=NCC)c1cccc(C)c1N=CCC.C=N.CC.Cc1cc2c(-c3ccc4c#cccc4c3)nc3ccccc3c2c2ccccc12. The summed E-state index contributed by atoms with van der Waals surface area (Å²) in [5.74, 6) is 0.304. The number of aromatic nitrogens is 1. The van der Waals surface area contributed by atoms with Gasteiger partial charge < -0.3 is 10.3 Å². The van der Waals surface area contributed by atoms with Crippen LogP contribution in [0.3, 0.4) is 0 Å². The fraction of sp³-hybridized carbons (Fsp3) is 0.194. The van der Waals surface area contributed by atoms with Crippen molar-refractivity contribution in [3.63, 3.8) is 0 Å². The van der Waals surface area contributed by atoms with Crippen LogP contribution in [0.1, 0.15) is 82.2 Å². The summed E-state index contributed by atoms with van der Waals surface area (Å²) in [7, 11) is 2.18. The van der Waals surface area contributed by atoms with Crippen LogP contribution < -0.4 is 4.90 Å². The molecule has 5 heteroatoms. The normalized spacial score (nSPS) is 14.5. The number of fused-ring (bicyclic) bond motifs is 7. The number of hydrogen-bond acceptors (Lipinski definition) is 5. The number of aryl methyl sites for hydroxylation is 2. The number of allylic oxidation sites excluding steroid dienone is 14. The van der Waals surface area contributed by atoms with Gasteiger partial charge in [-0.3, -0.25) is 9.98 Å². The van der Waals surface area contributed by atoms with Crippen molar-refractivity contribution in [1.82, 2.24) is 4.98 Å². The van der Waals surface area contributed by atoms with E-state index >= 15 is 0 Å². The predicted molar refractivity (Wildman–Crippen MR) is 340 cm³/mol. The number of pyridine rings is 1. The van der Waals surface area contributed by atoms with Crippen molar-refractivity contribution >= 4 is 90.0 Å². The zero-order valence-electron chi connectivity index (χ0n) is 46.6. The number of benzene rings is 6. The lowest BCUT2D eigenvalue weighted by Crippen LogP contribution is -2.23. The summed E-state index contributed by atoms with van der Waals surface area (Å²) in [6.45, 7) is 25.1. The molecule has 1 aliphatic heterocycles. The summed E-state index contributed by atoms with van der Waals surface area (Å²) in [5, 5.41) is 14.0. The Morgan fingerprint density at radius 3 is 2.34 bits per heavy atom. The number of rotatable bonds is 12. The van der Waals surface area contributed by atoms with Gasteiger partial charge in [0, 0.05) is 82.3 Å². The number of para-hydroxylation sites is 3. The minimum absolute atomic E-state index is 0.304. The fourth-order valence-corrected chi connectivity index (χ4v) is 10.1.